The van der Waals surface area contributed by atoms with Gasteiger partial charge in [-0.3, -0.25) is 9.78 Å². The van der Waals surface area contributed by atoms with Crippen molar-refractivity contribution < 1.29 is 9.90 Å². The lowest BCUT2D eigenvalue weighted by Gasteiger charge is -2.31. The smallest absolute Gasteiger partial charge is 0.272 e. The Morgan fingerprint density at radius 2 is 2.37 bits per heavy atom. The molecular weight excluding hydrogens is 262 g/mol. The molecule has 1 aliphatic heterocycles. The van der Waals surface area contributed by atoms with Crippen molar-refractivity contribution in [3.05, 3.63) is 29.6 Å². The number of piperidine rings is 1. The summed E-state index contributed by atoms with van der Waals surface area (Å²) in [5.41, 5.74) is 6.53. The van der Waals surface area contributed by atoms with Gasteiger partial charge in [0.2, 0.25) is 0 Å². The molecule has 3 N–H and O–H groups in total. The summed E-state index contributed by atoms with van der Waals surface area (Å²) in [6, 6.07) is 3.34. The SMILES string of the molecule is NC(=S)c1ccc(C(=O)N2CCCC(CO)C2)nc1. The second kappa shape index (κ2) is 6.08. The Labute approximate surface area is 117 Å². The Morgan fingerprint density at radius 1 is 1.58 bits per heavy atom. The fourth-order valence-corrected chi connectivity index (χ4v) is 2.35. The third-order valence-corrected chi connectivity index (χ3v) is 3.57. The van der Waals surface area contributed by atoms with Crippen LogP contribution in [0.25, 0.3) is 0 Å². The molecule has 1 atom stereocenters. The number of likely N-dealkylation sites (tertiary alicyclic amines) is 1. The molecular formula is C13H17N3O2S. The number of pyridine rings is 1. The number of carbonyl (C=O) groups is 1. The molecule has 1 saturated heterocycles. The van der Waals surface area contributed by atoms with Gasteiger partial charge in [0.15, 0.2) is 0 Å². The highest BCUT2D eigenvalue weighted by atomic mass is 32.1. The van der Waals surface area contributed by atoms with E-state index in [1.807, 2.05) is 0 Å². The lowest BCUT2D eigenvalue weighted by Crippen LogP contribution is -2.41. The van der Waals surface area contributed by atoms with Gasteiger partial charge >= 0.3 is 0 Å². The van der Waals surface area contributed by atoms with Crippen LogP contribution in [0.1, 0.15) is 28.9 Å². The molecule has 102 valence electrons. The Morgan fingerprint density at radius 3 is 2.95 bits per heavy atom. The van der Waals surface area contributed by atoms with Crippen LogP contribution >= 0.6 is 12.2 Å². The Hall–Kier alpha value is -1.53. The number of aromatic nitrogens is 1. The quantitative estimate of drug-likeness (QED) is 0.790. The van der Waals surface area contributed by atoms with Gasteiger partial charge in [-0.15, -0.1) is 0 Å². The second-order valence-electron chi connectivity index (χ2n) is 4.74. The van der Waals surface area contributed by atoms with Crippen LogP contribution < -0.4 is 5.73 Å². The number of nitrogens with two attached hydrogens (primary N) is 1. The summed E-state index contributed by atoms with van der Waals surface area (Å²) < 4.78 is 0. The molecule has 1 aliphatic rings. The van der Waals surface area contributed by atoms with Crippen molar-refractivity contribution in [2.45, 2.75) is 12.8 Å². The van der Waals surface area contributed by atoms with Crippen molar-refractivity contribution >= 4 is 23.1 Å². The van der Waals surface area contributed by atoms with E-state index in [0.29, 0.717) is 24.3 Å². The van der Waals surface area contributed by atoms with E-state index in [0.717, 1.165) is 12.8 Å². The summed E-state index contributed by atoms with van der Waals surface area (Å²) in [7, 11) is 0. The van der Waals surface area contributed by atoms with E-state index in [9.17, 15) is 9.90 Å². The standard InChI is InChI=1S/C13H17N3O2S/c14-12(19)10-3-4-11(15-6-10)13(18)16-5-1-2-9(7-16)8-17/h3-4,6,9,17H,1-2,5,7-8H2,(H2,14,19). The van der Waals surface area contributed by atoms with Crippen LogP contribution in [-0.2, 0) is 0 Å². The minimum atomic E-state index is -0.104. The van der Waals surface area contributed by atoms with Gasteiger partial charge in [0.25, 0.3) is 5.91 Å². The van der Waals surface area contributed by atoms with Gasteiger partial charge in [-0.05, 0) is 30.9 Å². The molecule has 0 bridgehead atoms. The van der Waals surface area contributed by atoms with E-state index in [1.165, 1.54) is 6.20 Å². The summed E-state index contributed by atoms with van der Waals surface area (Å²) in [5.74, 6) is 0.0706. The highest BCUT2D eigenvalue weighted by Crippen LogP contribution is 2.17. The zero-order chi connectivity index (χ0) is 13.8. The van der Waals surface area contributed by atoms with Crippen LogP contribution in [0.2, 0.25) is 0 Å². The van der Waals surface area contributed by atoms with E-state index < -0.39 is 0 Å². The van der Waals surface area contributed by atoms with Crippen LogP contribution in [0.5, 0.6) is 0 Å². The van der Waals surface area contributed by atoms with E-state index in [-0.39, 0.29) is 23.4 Å². The largest absolute Gasteiger partial charge is 0.396 e. The maximum atomic E-state index is 12.3. The Bertz CT molecular complexity index is 475. The number of nitrogens with zero attached hydrogens (tertiary/aromatic N) is 2. The van der Waals surface area contributed by atoms with E-state index in [1.54, 1.807) is 17.0 Å². The van der Waals surface area contributed by atoms with E-state index >= 15 is 0 Å². The number of carbonyl (C=O) groups excluding carboxylic acids is 1. The van der Waals surface area contributed by atoms with Gasteiger partial charge in [0, 0.05) is 31.5 Å². The minimum Gasteiger partial charge on any atom is -0.396 e. The third kappa shape index (κ3) is 3.27. The van der Waals surface area contributed by atoms with E-state index in [4.69, 9.17) is 18.0 Å². The van der Waals surface area contributed by atoms with Gasteiger partial charge < -0.3 is 15.7 Å². The van der Waals surface area contributed by atoms with Crippen molar-refractivity contribution in [1.82, 2.24) is 9.88 Å². The molecule has 0 saturated carbocycles. The van der Waals surface area contributed by atoms with Crippen LogP contribution in [0, 0.1) is 5.92 Å². The van der Waals surface area contributed by atoms with Gasteiger partial charge in [-0.25, -0.2) is 0 Å². The highest BCUT2D eigenvalue weighted by molar-refractivity contribution is 7.80. The van der Waals surface area contributed by atoms with Crippen molar-refractivity contribution in [3.8, 4) is 0 Å². The Balaban J connectivity index is 2.08. The average molecular weight is 279 g/mol. The predicted octanol–water partition coefficient (Wildman–Crippen LogP) is 0.560. The molecule has 0 spiro atoms. The lowest BCUT2D eigenvalue weighted by atomic mass is 9.99. The summed E-state index contributed by atoms with van der Waals surface area (Å²) in [4.78, 5) is 18.4. The molecule has 0 radical (unpaired) electrons. The summed E-state index contributed by atoms with van der Waals surface area (Å²) in [6.07, 6.45) is 3.40. The molecule has 19 heavy (non-hydrogen) atoms. The normalized spacial score (nSPS) is 19.2. The lowest BCUT2D eigenvalue weighted by molar-refractivity contribution is 0.0615. The van der Waals surface area contributed by atoms with Gasteiger partial charge in [0.1, 0.15) is 10.7 Å². The number of hydrogen-bond donors (Lipinski definition) is 2. The monoisotopic (exact) mass is 279 g/mol. The molecule has 1 aromatic heterocycles. The number of hydrogen-bond acceptors (Lipinski definition) is 4. The molecule has 1 amide bonds. The summed E-state index contributed by atoms with van der Waals surface area (Å²) >= 11 is 4.84. The van der Waals surface area contributed by atoms with Crippen molar-refractivity contribution in [3.63, 3.8) is 0 Å². The highest BCUT2D eigenvalue weighted by Gasteiger charge is 2.24. The maximum Gasteiger partial charge on any atom is 0.272 e. The van der Waals surface area contributed by atoms with E-state index in [2.05, 4.69) is 4.98 Å². The van der Waals surface area contributed by atoms with Crippen LogP contribution in [0.15, 0.2) is 18.3 Å². The van der Waals surface area contributed by atoms with Gasteiger partial charge in [0.05, 0.1) is 0 Å². The van der Waals surface area contributed by atoms with Crippen LogP contribution in [-0.4, -0.2) is 45.6 Å². The molecule has 1 unspecified atom stereocenters. The first-order valence-corrected chi connectivity index (χ1v) is 6.68. The van der Waals surface area contributed by atoms with Gasteiger partial charge in [-0.2, -0.15) is 0 Å². The summed E-state index contributed by atoms with van der Waals surface area (Å²) in [5, 5.41) is 9.18. The zero-order valence-electron chi connectivity index (χ0n) is 10.6. The number of rotatable bonds is 3. The molecule has 5 nitrogen and oxygen atoms in total. The van der Waals surface area contributed by atoms with Crippen molar-refractivity contribution in [2.75, 3.05) is 19.7 Å². The fraction of sp³-hybridized carbons (Fsp3) is 0.462. The fourth-order valence-electron chi connectivity index (χ4n) is 2.23. The molecule has 1 aromatic rings. The van der Waals surface area contributed by atoms with Gasteiger partial charge in [-0.1, -0.05) is 12.2 Å². The summed E-state index contributed by atoms with van der Waals surface area (Å²) in [6.45, 7) is 1.43. The van der Waals surface area contributed by atoms with Crippen LogP contribution in [0.4, 0.5) is 0 Å². The first-order chi connectivity index (χ1) is 9.11. The van der Waals surface area contributed by atoms with Crippen LogP contribution in [0.3, 0.4) is 0 Å². The zero-order valence-corrected chi connectivity index (χ0v) is 11.4. The molecule has 1 fully saturated rings. The second-order valence-corrected chi connectivity index (χ2v) is 5.18. The van der Waals surface area contributed by atoms with Crippen molar-refractivity contribution in [1.29, 1.82) is 0 Å². The Kier molecular flexibility index (Phi) is 4.44. The first kappa shape index (κ1) is 13.9. The number of thiocarbonyl (C=S) groups is 1. The number of amides is 1. The van der Waals surface area contributed by atoms with Crippen molar-refractivity contribution in [2.24, 2.45) is 11.7 Å². The average Bonchev–Trinajstić information content (AvgIpc) is 2.46. The molecule has 2 heterocycles. The first-order valence-electron chi connectivity index (χ1n) is 6.28. The molecule has 6 heteroatoms. The molecule has 0 aliphatic carbocycles. The third-order valence-electron chi connectivity index (χ3n) is 3.33. The maximum absolute atomic E-state index is 12.3. The minimum absolute atomic E-state index is 0.104. The molecule has 0 aromatic carbocycles. The predicted molar refractivity (Wildman–Crippen MR) is 75.8 cm³/mol. The number of aliphatic hydroxyl groups excluding tert-OH is 1. The topological polar surface area (TPSA) is 79.5 Å². The number of aliphatic hydroxyl groups is 1. The molecule has 2 rings (SSSR count).